The van der Waals surface area contributed by atoms with Crippen molar-refractivity contribution in [2.24, 2.45) is 0 Å². The van der Waals surface area contributed by atoms with Gasteiger partial charge in [-0.2, -0.15) is 0 Å². The molecule has 5 heteroatoms. The Hall–Kier alpha value is -1.91. The molecule has 0 radical (unpaired) electrons. The lowest BCUT2D eigenvalue weighted by atomic mass is 10.1. The Morgan fingerprint density at radius 1 is 1.28 bits per heavy atom. The van der Waals surface area contributed by atoms with Crippen molar-refractivity contribution in [3.63, 3.8) is 0 Å². The van der Waals surface area contributed by atoms with Gasteiger partial charge in [0.15, 0.2) is 0 Å². The number of para-hydroxylation sites is 1. The van der Waals surface area contributed by atoms with E-state index in [0.717, 1.165) is 5.69 Å². The molecule has 0 unspecified atom stereocenters. The third kappa shape index (κ3) is 3.84. The third-order valence-corrected chi connectivity index (χ3v) is 2.23. The van der Waals surface area contributed by atoms with Crippen LogP contribution < -0.4 is 15.5 Å². The van der Waals surface area contributed by atoms with Crippen molar-refractivity contribution >= 4 is 17.4 Å². The second-order valence-corrected chi connectivity index (χ2v) is 5.39. The summed E-state index contributed by atoms with van der Waals surface area (Å²) in [5, 5.41) is 15.3. The van der Waals surface area contributed by atoms with E-state index in [1.807, 2.05) is 45.8 Å². The number of urea groups is 1. The first-order valence-electron chi connectivity index (χ1n) is 5.79. The first-order valence-corrected chi connectivity index (χ1v) is 5.79. The van der Waals surface area contributed by atoms with Crippen LogP contribution in [0.15, 0.2) is 18.2 Å². The topological polar surface area (TPSA) is 64.6 Å². The van der Waals surface area contributed by atoms with Crippen molar-refractivity contribution in [2.75, 3.05) is 24.3 Å². The second kappa shape index (κ2) is 5.16. The fourth-order valence-corrected chi connectivity index (χ4v) is 1.51. The minimum absolute atomic E-state index is 0.0465. The lowest BCUT2D eigenvalue weighted by Gasteiger charge is -2.23. The Morgan fingerprint density at radius 2 is 1.89 bits per heavy atom. The van der Waals surface area contributed by atoms with Crippen molar-refractivity contribution in [3.05, 3.63) is 18.2 Å². The molecule has 0 saturated carbocycles. The van der Waals surface area contributed by atoms with E-state index in [4.69, 9.17) is 0 Å². The van der Waals surface area contributed by atoms with E-state index >= 15 is 0 Å². The average Bonchev–Trinajstić information content (AvgIpc) is 2.17. The number of benzene rings is 1. The summed E-state index contributed by atoms with van der Waals surface area (Å²) in [6.45, 7) is 5.68. The lowest BCUT2D eigenvalue weighted by molar-refractivity contribution is 0.243. The number of phenols is 1. The number of carbonyl (C=O) groups is 1. The zero-order valence-electron chi connectivity index (χ0n) is 11.5. The largest absolute Gasteiger partial charge is 0.506 e. The summed E-state index contributed by atoms with van der Waals surface area (Å²) < 4.78 is 0. The van der Waals surface area contributed by atoms with Gasteiger partial charge in [0.05, 0.1) is 5.69 Å². The van der Waals surface area contributed by atoms with Gasteiger partial charge in [0.1, 0.15) is 11.4 Å². The molecule has 0 aliphatic rings. The summed E-state index contributed by atoms with van der Waals surface area (Å²) in [4.78, 5) is 13.6. The Bertz CT molecular complexity index is 436. The zero-order chi connectivity index (χ0) is 13.9. The molecule has 0 aliphatic carbocycles. The summed E-state index contributed by atoms with van der Waals surface area (Å²) in [6, 6.07) is 4.76. The van der Waals surface area contributed by atoms with Gasteiger partial charge in [0, 0.05) is 19.6 Å². The summed E-state index contributed by atoms with van der Waals surface area (Å²) in [7, 11) is 3.70. The quantitative estimate of drug-likeness (QED) is 0.707. The van der Waals surface area contributed by atoms with Crippen LogP contribution in [0.2, 0.25) is 0 Å². The minimum atomic E-state index is -0.341. The standard InChI is InChI=1S/C13H21N3O2/c1-13(2,3)15-12(18)14-11-9(16(4)5)7-6-8-10(11)17/h6-8,17H,1-5H3,(H2,14,15,18). The Balaban J connectivity index is 2.93. The molecule has 0 aliphatic heterocycles. The predicted molar refractivity (Wildman–Crippen MR) is 74.3 cm³/mol. The second-order valence-electron chi connectivity index (χ2n) is 5.39. The number of anilines is 2. The maximum absolute atomic E-state index is 11.8. The molecule has 0 atom stereocenters. The molecule has 0 heterocycles. The van der Waals surface area contributed by atoms with Gasteiger partial charge < -0.3 is 20.6 Å². The van der Waals surface area contributed by atoms with Crippen molar-refractivity contribution in [2.45, 2.75) is 26.3 Å². The van der Waals surface area contributed by atoms with Crippen LogP contribution in [0.4, 0.5) is 16.2 Å². The highest BCUT2D eigenvalue weighted by atomic mass is 16.3. The number of phenolic OH excluding ortho intramolecular Hbond substituents is 1. The SMILES string of the molecule is CN(C)c1cccc(O)c1NC(=O)NC(C)(C)C. The fourth-order valence-electron chi connectivity index (χ4n) is 1.51. The van der Waals surface area contributed by atoms with Gasteiger partial charge in [0.25, 0.3) is 0 Å². The number of aromatic hydroxyl groups is 1. The number of hydrogen-bond donors (Lipinski definition) is 3. The van der Waals surface area contributed by atoms with E-state index in [1.165, 1.54) is 0 Å². The van der Waals surface area contributed by atoms with E-state index in [2.05, 4.69) is 10.6 Å². The monoisotopic (exact) mass is 251 g/mol. The van der Waals surface area contributed by atoms with E-state index in [0.29, 0.717) is 5.69 Å². The molecule has 5 nitrogen and oxygen atoms in total. The fraction of sp³-hybridized carbons (Fsp3) is 0.462. The maximum Gasteiger partial charge on any atom is 0.319 e. The molecule has 100 valence electrons. The van der Waals surface area contributed by atoms with Gasteiger partial charge in [-0.05, 0) is 32.9 Å². The number of amides is 2. The molecule has 0 saturated heterocycles. The minimum Gasteiger partial charge on any atom is -0.506 e. The van der Waals surface area contributed by atoms with E-state index in [9.17, 15) is 9.90 Å². The number of nitrogens with zero attached hydrogens (tertiary/aromatic N) is 1. The van der Waals surface area contributed by atoms with Crippen LogP contribution in [-0.4, -0.2) is 30.8 Å². The maximum atomic E-state index is 11.8. The summed E-state index contributed by atoms with van der Waals surface area (Å²) >= 11 is 0. The third-order valence-electron chi connectivity index (χ3n) is 2.23. The van der Waals surface area contributed by atoms with Crippen LogP contribution in [-0.2, 0) is 0 Å². The van der Waals surface area contributed by atoms with E-state index < -0.39 is 0 Å². The van der Waals surface area contributed by atoms with Crippen molar-refractivity contribution in [1.82, 2.24) is 5.32 Å². The molecule has 0 spiro atoms. The highest BCUT2D eigenvalue weighted by Crippen LogP contribution is 2.33. The summed E-state index contributed by atoms with van der Waals surface area (Å²) in [5.74, 6) is 0.0465. The van der Waals surface area contributed by atoms with E-state index in [-0.39, 0.29) is 17.3 Å². The van der Waals surface area contributed by atoms with Gasteiger partial charge in [-0.25, -0.2) is 4.79 Å². The molecule has 2 amide bonds. The number of rotatable bonds is 2. The van der Waals surface area contributed by atoms with Gasteiger partial charge >= 0.3 is 6.03 Å². The first-order chi connectivity index (χ1) is 8.20. The van der Waals surface area contributed by atoms with Crippen molar-refractivity contribution in [1.29, 1.82) is 0 Å². The molecular weight excluding hydrogens is 230 g/mol. The van der Waals surface area contributed by atoms with Gasteiger partial charge in [-0.15, -0.1) is 0 Å². The smallest absolute Gasteiger partial charge is 0.319 e. The molecule has 3 N–H and O–H groups in total. The van der Waals surface area contributed by atoms with Gasteiger partial charge in [-0.1, -0.05) is 6.07 Å². The van der Waals surface area contributed by atoms with Crippen molar-refractivity contribution < 1.29 is 9.90 Å². The molecule has 18 heavy (non-hydrogen) atoms. The van der Waals surface area contributed by atoms with Crippen LogP contribution in [0, 0.1) is 0 Å². The lowest BCUT2D eigenvalue weighted by Crippen LogP contribution is -2.43. The first kappa shape index (κ1) is 14.2. The highest BCUT2D eigenvalue weighted by molar-refractivity contribution is 5.95. The van der Waals surface area contributed by atoms with Crippen LogP contribution in [0.1, 0.15) is 20.8 Å². The summed E-state index contributed by atoms with van der Waals surface area (Å²) in [5.41, 5.74) is 0.829. The Kier molecular flexibility index (Phi) is 4.06. The van der Waals surface area contributed by atoms with Crippen LogP contribution in [0.25, 0.3) is 0 Å². The molecule has 1 aromatic carbocycles. The number of carbonyl (C=O) groups excluding carboxylic acids is 1. The number of hydrogen-bond acceptors (Lipinski definition) is 3. The Morgan fingerprint density at radius 3 is 2.39 bits per heavy atom. The summed E-state index contributed by atoms with van der Waals surface area (Å²) in [6.07, 6.45) is 0. The highest BCUT2D eigenvalue weighted by Gasteiger charge is 2.17. The Labute approximate surface area is 108 Å². The predicted octanol–water partition coefficient (Wildman–Crippen LogP) is 2.38. The zero-order valence-corrected chi connectivity index (χ0v) is 11.5. The van der Waals surface area contributed by atoms with Crippen LogP contribution >= 0.6 is 0 Å². The normalized spacial score (nSPS) is 10.9. The molecule has 1 rings (SSSR count). The molecule has 0 fully saturated rings. The molecule has 0 bridgehead atoms. The van der Waals surface area contributed by atoms with E-state index in [1.54, 1.807) is 12.1 Å². The van der Waals surface area contributed by atoms with Crippen LogP contribution in [0.3, 0.4) is 0 Å². The molecule has 0 aromatic heterocycles. The van der Waals surface area contributed by atoms with Gasteiger partial charge in [-0.3, -0.25) is 0 Å². The van der Waals surface area contributed by atoms with Crippen molar-refractivity contribution in [3.8, 4) is 5.75 Å². The van der Waals surface area contributed by atoms with Gasteiger partial charge in [0.2, 0.25) is 0 Å². The molecular formula is C13H21N3O2. The average molecular weight is 251 g/mol. The number of nitrogens with one attached hydrogen (secondary N) is 2. The van der Waals surface area contributed by atoms with Crippen LogP contribution in [0.5, 0.6) is 5.75 Å². The molecule has 1 aromatic rings.